The van der Waals surface area contributed by atoms with Crippen LogP contribution in [-0.2, 0) is 4.79 Å². The van der Waals surface area contributed by atoms with Gasteiger partial charge in [-0.25, -0.2) is 9.97 Å². The monoisotopic (exact) mass is 370 g/mol. The summed E-state index contributed by atoms with van der Waals surface area (Å²) in [4.78, 5) is 36.2. The second kappa shape index (κ2) is 8.48. The number of carbonyl (C=O) groups excluding carboxylic acids is 2. The molecule has 0 spiro atoms. The molecule has 2 heterocycles. The van der Waals surface area contributed by atoms with Crippen LogP contribution in [0.5, 0.6) is 11.5 Å². The van der Waals surface area contributed by atoms with Gasteiger partial charge in [0.05, 0.1) is 7.11 Å². The fraction of sp³-hybridized carbons (Fsp3) is 0.368. The summed E-state index contributed by atoms with van der Waals surface area (Å²) < 4.78 is 10.9. The first-order chi connectivity index (χ1) is 13.1. The van der Waals surface area contributed by atoms with Crippen LogP contribution in [0.2, 0.25) is 0 Å². The highest BCUT2D eigenvalue weighted by Crippen LogP contribution is 2.28. The number of piperazine rings is 1. The van der Waals surface area contributed by atoms with E-state index in [1.165, 1.54) is 14.0 Å². The normalized spacial score (nSPS) is 14.0. The van der Waals surface area contributed by atoms with E-state index < -0.39 is 0 Å². The van der Waals surface area contributed by atoms with Crippen molar-refractivity contribution < 1.29 is 19.1 Å². The smallest absolute Gasteiger partial charge is 0.260 e. The lowest BCUT2D eigenvalue weighted by atomic mass is 10.1. The van der Waals surface area contributed by atoms with Crippen molar-refractivity contribution in [2.75, 3.05) is 44.8 Å². The zero-order chi connectivity index (χ0) is 19.2. The van der Waals surface area contributed by atoms with Crippen LogP contribution in [0, 0.1) is 0 Å². The Morgan fingerprint density at radius 3 is 2.41 bits per heavy atom. The summed E-state index contributed by atoms with van der Waals surface area (Å²) >= 11 is 0. The lowest BCUT2D eigenvalue weighted by molar-refractivity contribution is -0.133. The van der Waals surface area contributed by atoms with E-state index in [0.717, 1.165) is 0 Å². The number of rotatable bonds is 6. The topological polar surface area (TPSA) is 84.9 Å². The highest BCUT2D eigenvalue weighted by Gasteiger charge is 2.23. The maximum atomic E-state index is 12.4. The zero-order valence-electron chi connectivity index (χ0n) is 15.4. The molecule has 1 amide bonds. The van der Waals surface area contributed by atoms with Crippen LogP contribution in [0.3, 0.4) is 0 Å². The number of Topliss-reactive ketones (excluding diaryl/α,β-unsaturated/α-hetero) is 1. The van der Waals surface area contributed by atoms with E-state index in [2.05, 4.69) is 9.97 Å². The molecule has 1 aliphatic rings. The van der Waals surface area contributed by atoms with Crippen LogP contribution in [0.1, 0.15) is 17.3 Å². The molecule has 0 saturated carbocycles. The SMILES string of the molecule is COc1cc(C(C)=O)ccc1OCC(=O)N1CCN(c2ncccn2)CC1. The minimum atomic E-state index is -0.0960. The van der Waals surface area contributed by atoms with Gasteiger partial charge >= 0.3 is 0 Å². The number of nitrogens with zero attached hydrogens (tertiary/aromatic N) is 4. The quantitative estimate of drug-likeness (QED) is 0.711. The van der Waals surface area contributed by atoms with E-state index in [4.69, 9.17) is 9.47 Å². The Labute approximate surface area is 157 Å². The van der Waals surface area contributed by atoms with Crippen molar-refractivity contribution in [3.05, 3.63) is 42.2 Å². The average Bonchev–Trinajstić information content (AvgIpc) is 2.72. The Morgan fingerprint density at radius 2 is 1.78 bits per heavy atom. The van der Waals surface area contributed by atoms with Gasteiger partial charge in [0.15, 0.2) is 23.9 Å². The number of hydrogen-bond acceptors (Lipinski definition) is 7. The van der Waals surface area contributed by atoms with E-state index >= 15 is 0 Å². The molecule has 27 heavy (non-hydrogen) atoms. The van der Waals surface area contributed by atoms with Gasteiger partial charge in [0.25, 0.3) is 5.91 Å². The van der Waals surface area contributed by atoms with Crippen molar-refractivity contribution in [1.29, 1.82) is 0 Å². The molecule has 1 aromatic heterocycles. The Morgan fingerprint density at radius 1 is 1.07 bits per heavy atom. The van der Waals surface area contributed by atoms with Gasteiger partial charge in [-0.1, -0.05) is 0 Å². The molecule has 3 rings (SSSR count). The van der Waals surface area contributed by atoms with Crippen molar-refractivity contribution in [1.82, 2.24) is 14.9 Å². The van der Waals surface area contributed by atoms with E-state index in [-0.39, 0.29) is 18.3 Å². The molecule has 8 nitrogen and oxygen atoms in total. The van der Waals surface area contributed by atoms with E-state index in [1.807, 2.05) is 4.90 Å². The molecule has 0 bridgehead atoms. The second-order valence-electron chi connectivity index (χ2n) is 6.13. The van der Waals surface area contributed by atoms with Gasteiger partial charge in [-0.3, -0.25) is 9.59 Å². The largest absolute Gasteiger partial charge is 0.493 e. The number of anilines is 1. The molecule has 0 aliphatic carbocycles. The lowest BCUT2D eigenvalue weighted by Crippen LogP contribution is -2.50. The number of ketones is 1. The number of hydrogen-bond donors (Lipinski definition) is 0. The highest BCUT2D eigenvalue weighted by molar-refractivity contribution is 5.94. The van der Waals surface area contributed by atoms with Crippen molar-refractivity contribution in [2.45, 2.75) is 6.92 Å². The summed E-state index contributed by atoms with van der Waals surface area (Å²) in [6.45, 7) is 3.91. The molecule has 0 atom stereocenters. The Hall–Kier alpha value is -3.16. The molecule has 0 unspecified atom stereocenters. The summed E-state index contributed by atoms with van der Waals surface area (Å²) in [5.74, 6) is 1.39. The van der Waals surface area contributed by atoms with Crippen LogP contribution in [0.4, 0.5) is 5.95 Å². The molecular formula is C19H22N4O4. The van der Waals surface area contributed by atoms with Gasteiger partial charge in [-0.2, -0.15) is 0 Å². The number of aromatic nitrogens is 2. The molecule has 1 aliphatic heterocycles. The Bertz CT molecular complexity index is 805. The molecule has 0 N–H and O–H groups in total. The molecule has 142 valence electrons. The number of methoxy groups -OCH3 is 1. The van der Waals surface area contributed by atoms with Crippen molar-refractivity contribution in [3.63, 3.8) is 0 Å². The van der Waals surface area contributed by atoms with Crippen LogP contribution in [-0.4, -0.2) is 66.5 Å². The first-order valence-electron chi connectivity index (χ1n) is 8.70. The first kappa shape index (κ1) is 18.6. The highest BCUT2D eigenvalue weighted by atomic mass is 16.5. The van der Waals surface area contributed by atoms with Crippen molar-refractivity contribution in [3.8, 4) is 11.5 Å². The van der Waals surface area contributed by atoms with E-state index in [1.54, 1.807) is 41.6 Å². The summed E-state index contributed by atoms with van der Waals surface area (Å²) in [5, 5.41) is 0. The standard InChI is InChI=1S/C19H22N4O4/c1-14(24)15-4-5-16(17(12-15)26-2)27-13-18(25)22-8-10-23(11-9-22)19-20-6-3-7-21-19/h3-7,12H,8-11,13H2,1-2H3. The third kappa shape index (κ3) is 4.52. The molecule has 0 radical (unpaired) electrons. The number of benzene rings is 1. The fourth-order valence-electron chi connectivity index (χ4n) is 2.85. The second-order valence-corrected chi connectivity index (χ2v) is 6.13. The van der Waals surface area contributed by atoms with E-state index in [9.17, 15) is 9.59 Å². The molecule has 2 aromatic rings. The molecule has 1 fully saturated rings. The van der Waals surface area contributed by atoms with Gasteiger partial charge in [0, 0.05) is 44.1 Å². The van der Waals surface area contributed by atoms with Crippen molar-refractivity contribution in [2.24, 2.45) is 0 Å². The van der Waals surface area contributed by atoms with Gasteiger partial charge in [0.1, 0.15) is 0 Å². The van der Waals surface area contributed by atoms with Crippen LogP contribution >= 0.6 is 0 Å². The average molecular weight is 370 g/mol. The van der Waals surface area contributed by atoms with Gasteiger partial charge in [-0.15, -0.1) is 0 Å². The minimum Gasteiger partial charge on any atom is -0.493 e. The Kier molecular flexibility index (Phi) is 5.85. The summed E-state index contributed by atoms with van der Waals surface area (Å²) in [7, 11) is 1.50. The molecule has 8 heteroatoms. The third-order valence-corrected chi connectivity index (χ3v) is 4.39. The molecule has 1 aromatic carbocycles. The zero-order valence-corrected chi connectivity index (χ0v) is 15.4. The summed E-state index contributed by atoms with van der Waals surface area (Å²) in [5.41, 5.74) is 0.532. The fourth-order valence-corrected chi connectivity index (χ4v) is 2.85. The van der Waals surface area contributed by atoms with Gasteiger partial charge < -0.3 is 19.3 Å². The third-order valence-electron chi connectivity index (χ3n) is 4.39. The maximum absolute atomic E-state index is 12.4. The summed E-state index contributed by atoms with van der Waals surface area (Å²) in [6.07, 6.45) is 3.41. The first-order valence-corrected chi connectivity index (χ1v) is 8.70. The number of amides is 1. The number of ether oxygens (including phenoxy) is 2. The van der Waals surface area contributed by atoms with Crippen LogP contribution in [0.15, 0.2) is 36.7 Å². The predicted octanol–water partition coefficient (Wildman–Crippen LogP) is 1.42. The Balaban J connectivity index is 1.54. The number of carbonyl (C=O) groups is 2. The molecule has 1 saturated heterocycles. The summed E-state index contributed by atoms with van der Waals surface area (Å²) in [6, 6.07) is 6.69. The molecular weight excluding hydrogens is 348 g/mol. The minimum absolute atomic E-state index is 0.0591. The maximum Gasteiger partial charge on any atom is 0.260 e. The lowest BCUT2D eigenvalue weighted by Gasteiger charge is -2.34. The van der Waals surface area contributed by atoms with Crippen molar-refractivity contribution >= 4 is 17.6 Å². The van der Waals surface area contributed by atoms with Crippen LogP contribution in [0.25, 0.3) is 0 Å². The van der Waals surface area contributed by atoms with Gasteiger partial charge in [0.2, 0.25) is 5.95 Å². The van der Waals surface area contributed by atoms with Gasteiger partial charge in [-0.05, 0) is 31.2 Å². The van der Waals surface area contributed by atoms with Crippen LogP contribution < -0.4 is 14.4 Å². The van der Waals surface area contributed by atoms with E-state index in [0.29, 0.717) is 49.2 Å². The predicted molar refractivity (Wildman–Crippen MR) is 99.3 cm³/mol.